The van der Waals surface area contributed by atoms with Crippen molar-refractivity contribution in [2.75, 3.05) is 29.6 Å². The Balaban J connectivity index is 1.55. The summed E-state index contributed by atoms with van der Waals surface area (Å²) in [5.41, 5.74) is -2.84. The third-order valence-electron chi connectivity index (χ3n) is 9.21. The topological polar surface area (TPSA) is 133 Å². The number of nitrogens with one attached hydrogen (secondary N) is 3. The van der Waals surface area contributed by atoms with Crippen molar-refractivity contribution in [1.82, 2.24) is 15.3 Å². The molecule has 1 aliphatic heterocycles. The van der Waals surface area contributed by atoms with Crippen LogP contribution < -0.4 is 20.9 Å². The highest BCUT2D eigenvalue weighted by molar-refractivity contribution is 7.92. The summed E-state index contributed by atoms with van der Waals surface area (Å²) in [4.78, 5) is 37.6. The summed E-state index contributed by atoms with van der Waals surface area (Å²) >= 11 is 0. The summed E-state index contributed by atoms with van der Waals surface area (Å²) in [5.74, 6) is -2.04. The van der Waals surface area contributed by atoms with E-state index in [4.69, 9.17) is 0 Å². The van der Waals surface area contributed by atoms with E-state index in [1.54, 1.807) is 38.6 Å². The van der Waals surface area contributed by atoms with Gasteiger partial charge in [-0.15, -0.1) is 0 Å². The van der Waals surface area contributed by atoms with E-state index >= 15 is 0 Å². The molecule has 0 saturated carbocycles. The standard InChI is InChI=1S/C34H31F3N6O4S/c1-19(25-13-15-40-29-11-5-21(38-3)17-27(25)29)33(20(2)26-14-16-41-30-12-6-22(39-4)18-28(26)30)31(44)43(32(45)42-33)23-7-9-24(10-8-23)48(46,47)34(35,36)37/h5-20,38-39H,1-4H3,(H,42,45). The molecule has 2 atom stereocenters. The van der Waals surface area contributed by atoms with Crippen molar-refractivity contribution in [2.45, 2.75) is 41.6 Å². The average Bonchev–Trinajstić information content (AvgIpc) is 3.35. The maximum absolute atomic E-state index is 14.9. The van der Waals surface area contributed by atoms with Crippen molar-refractivity contribution < 1.29 is 31.2 Å². The Morgan fingerprint density at radius 2 is 1.25 bits per heavy atom. The number of sulfone groups is 1. The van der Waals surface area contributed by atoms with E-state index in [-0.39, 0.29) is 5.69 Å². The number of pyridine rings is 2. The molecule has 14 heteroatoms. The van der Waals surface area contributed by atoms with Crippen LogP contribution in [0.4, 0.5) is 35.0 Å². The molecule has 5 aromatic rings. The summed E-state index contributed by atoms with van der Waals surface area (Å²) in [5, 5.41) is 10.7. The molecule has 2 aromatic heterocycles. The van der Waals surface area contributed by atoms with Gasteiger partial charge in [-0.1, -0.05) is 13.8 Å². The molecular weight excluding hydrogens is 645 g/mol. The molecule has 3 N–H and O–H groups in total. The van der Waals surface area contributed by atoms with Gasteiger partial charge in [0.2, 0.25) is 0 Å². The monoisotopic (exact) mass is 676 g/mol. The van der Waals surface area contributed by atoms with Crippen LogP contribution >= 0.6 is 0 Å². The Kier molecular flexibility index (Phi) is 8.02. The number of nitrogens with zero attached hydrogens (tertiary/aromatic N) is 3. The second-order valence-corrected chi connectivity index (χ2v) is 13.5. The third kappa shape index (κ3) is 5.07. The zero-order valence-electron chi connectivity index (χ0n) is 26.3. The van der Waals surface area contributed by atoms with Crippen molar-refractivity contribution in [2.24, 2.45) is 0 Å². The van der Waals surface area contributed by atoms with Crippen LogP contribution in [0, 0.1) is 0 Å². The minimum Gasteiger partial charge on any atom is -0.388 e. The summed E-state index contributed by atoms with van der Waals surface area (Å²) in [6, 6.07) is 17.5. The van der Waals surface area contributed by atoms with E-state index in [1.807, 2.05) is 50.2 Å². The highest BCUT2D eigenvalue weighted by Gasteiger charge is 2.59. The molecule has 3 amide bonds. The number of fused-ring (bicyclic) bond motifs is 2. The number of carbonyl (C=O) groups is 2. The van der Waals surface area contributed by atoms with Gasteiger partial charge in [-0.05, 0) is 83.9 Å². The first kappa shape index (κ1) is 32.7. The van der Waals surface area contributed by atoms with Crippen LogP contribution in [0.5, 0.6) is 0 Å². The number of aromatic nitrogens is 2. The molecule has 3 heterocycles. The number of benzene rings is 3. The second kappa shape index (κ2) is 11.8. The first-order valence-electron chi connectivity index (χ1n) is 15.0. The molecule has 0 spiro atoms. The Hall–Kier alpha value is -5.24. The minimum atomic E-state index is -5.64. The third-order valence-corrected chi connectivity index (χ3v) is 10.7. The second-order valence-electron chi connectivity index (χ2n) is 11.6. The van der Waals surface area contributed by atoms with Gasteiger partial charge in [-0.3, -0.25) is 14.8 Å². The van der Waals surface area contributed by atoms with Crippen LogP contribution in [0.2, 0.25) is 0 Å². The van der Waals surface area contributed by atoms with E-state index < -0.39 is 49.6 Å². The maximum Gasteiger partial charge on any atom is 0.501 e. The number of hydrogen-bond donors (Lipinski definition) is 3. The van der Waals surface area contributed by atoms with Crippen molar-refractivity contribution in [3.63, 3.8) is 0 Å². The van der Waals surface area contributed by atoms with Gasteiger partial charge in [-0.2, -0.15) is 13.2 Å². The molecule has 0 aliphatic carbocycles. The van der Waals surface area contributed by atoms with E-state index in [0.29, 0.717) is 11.0 Å². The summed E-state index contributed by atoms with van der Waals surface area (Å²) in [6.45, 7) is 3.67. The van der Waals surface area contributed by atoms with Gasteiger partial charge in [0.25, 0.3) is 15.7 Å². The lowest BCUT2D eigenvalue weighted by Gasteiger charge is -2.39. The summed E-state index contributed by atoms with van der Waals surface area (Å²) in [6.07, 6.45) is 3.26. The number of halogens is 3. The van der Waals surface area contributed by atoms with Crippen molar-refractivity contribution in [3.8, 4) is 0 Å². The van der Waals surface area contributed by atoms with Crippen LogP contribution in [0.3, 0.4) is 0 Å². The first-order chi connectivity index (χ1) is 22.7. The minimum absolute atomic E-state index is 0.0889. The maximum atomic E-state index is 14.9. The number of urea groups is 1. The SMILES string of the molecule is CNc1ccc2nccc(C(C)C3(C(C)c4ccnc5ccc(NC)cc45)NC(=O)N(c4ccc(S(=O)(=O)C(F)(F)F)cc4)C3=O)c2c1. The van der Waals surface area contributed by atoms with Crippen molar-refractivity contribution >= 4 is 60.6 Å². The van der Waals surface area contributed by atoms with Gasteiger partial charge in [0, 0.05) is 60.5 Å². The number of amides is 3. The number of imide groups is 1. The van der Waals surface area contributed by atoms with Crippen molar-refractivity contribution in [1.29, 1.82) is 0 Å². The lowest BCUT2D eigenvalue weighted by atomic mass is 9.68. The van der Waals surface area contributed by atoms with E-state index in [1.165, 1.54) is 0 Å². The lowest BCUT2D eigenvalue weighted by Crippen LogP contribution is -2.55. The largest absolute Gasteiger partial charge is 0.501 e. The molecule has 6 rings (SSSR count). The highest BCUT2D eigenvalue weighted by atomic mass is 32.2. The van der Waals surface area contributed by atoms with Crippen LogP contribution in [0.1, 0.15) is 36.8 Å². The number of alkyl halides is 3. The molecule has 48 heavy (non-hydrogen) atoms. The van der Waals surface area contributed by atoms with E-state index in [9.17, 15) is 31.2 Å². The summed E-state index contributed by atoms with van der Waals surface area (Å²) < 4.78 is 63.7. The molecule has 1 aliphatic rings. The Labute approximate surface area is 274 Å². The van der Waals surface area contributed by atoms with Gasteiger partial charge in [0.15, 0.2) is 0 Å². The van der Waals surface area contributed by atoms with E-state index in [2.05, 4.69) is 25.9 Å². The Bertz CT molecular complexity index is 2100. The number of hydrogen-bond acceptors (Lipinski definition) is 8. The zero-order chi connectivity index (χ0) is 34.6. The van der Waals surface area contributed by atoms with Crippen LogP contribution in [-0.2, 0) is 14.6 Å². The molecule has 0 bridgehead atoms. The predicted molar refractivity (Wildman–Crippen MR) is 178 cm³/mol. The smallest absolute Gasteiger partial charge is 0.388 e. The molecule has 3 aromatic carbocycles. The number of anilines is 3. The Morgan fingerprint density at radius 1 is 0.771 bits per heavy atom. The fraction of sp³-hybridized carbons (Fsp3) is 0.235. The predicted octanol–water partition coefficient (Wildman–Crippen LogP) is 6.56. The van der Waals surface area contributed by atoms with Crippen molar-refractivity contribution in [3.05, 3.63) is 96.3 Å². The van der Waals surface area contributed by atoms with Gasteiger partial charge >= 0.3 is 11.5 Å². The quantitative estimate of drug-likeness (QED) is 0.157. The normalized spacial score (nSPS) is 18.2. The van der Waals surface area contributed by atoms with Gasteiger partial charge in [0.05, 0.1) is 21.6 Å². The van der Waals surface area contributed by atoms with E-state index in [0.717, 1.165) is 62.4 Å². The molecular formula is C34H31F3N6O4S. The van der Waals surface area contributed by atoms with Gasteiger partial charge < -0.3 is 16.0 Å². The van der Waals surface area contributed by atoms with Crippen LogP contribution in [-0.4, -0.2) is 55.5 Å². The molecule has 1 saturated heterocycles. The average molecular weight is 677 g/mol. The lowest BCUT2D eigenvalue weighted by molar-refractivity contribution is -0.123. The highest BCUT2D eigenvalue weighted by Crippen LogP contribution is 2.47. The number of rotatable bonds is 8. The molecule has 0 radical (unpaired) electrons. The molecule has 2 unspecified atom stereocenters. The molecule has 1 fully saturated rings. The van der Waals surface area contributed by atoms with Crippen LogP contribution in [0.25, 0.3) is 21.8 Å². The summed E-state index contributed by atoms with van der Waals surface area (Å²) in [7, 11) is -2.09. The molecule has 248 valence electrons. The van der Waals surface area contributed by atoms with Gasteiger partial charge in [-0.25, -0.2) is 18.1 Å². The fourth-order valence-corrected chi connectivity index (χ4v) is 7.32. The fourth-order valence-electron chi connectivity index (χ4n) is 6.56. The van der Waals surface area contributed by atoms with Gasteiger partial charge in [0.1, 0.15) is 5.54 Å². The molecule has 10 nitrogen and oxygen atoms in total. The first-order valence-corrected chi connectivity index (χ1v) is 16.4. The number of carbonyl (C=O) groups excluding carboxylic acids is 2. The zero-order valence-corrected chi connectivity index (χ0v) is 27.1. The Morgan fingerprint density at radius 3 is 1.69 bits per heavy atom. The van der Waals surface area contributed by atoms with Crippen LogP contribution in [0.15, 0.2) is 90.1 Å².